The Morgan fingerprint density at radius 1 is 1.19 bits per heavy atom. The smallest absolute Gasteiger partial charge is 0.278 e. The van der Waals surface area contributed by atoms with Gasteiger partial charge in [-0.25, -0.2) is 0 Å². The van der Waals surface area contributed by atoms with E-state index in [9.17, 15) is 4.79 Å². The first-order valence-corrected chi connectivity index (χ1v) is 8.89. The van der Waals surface area contributed by atoms with Crippen molar-refractivity contribution in [3.8, 4) is 5.75 Å². The van der Waals surface area contributed by atoms with Crippen LogP contribution in [0.15, 0.2) is 28.9 Å². The number of aryl methyl sites for hydroxylation is 4. The van der Waals surface area contributed by atoms with E-state index < -0.39 is 0 Å². The Kier molecular flexibility index (Phi) is 5.30. The fourth-order valence-electron chi connectivity index (χ4n) is 2.98. The first-order chi connectivity index (χ1) is 12.9. The van der Waals surface area contributed by atoms with Crippen LogP contribution < -0.4 is 10.1 Å². The molecule has 2 heterocycles. The maximum Gasteiger partial charge on any atom is 0.278 e. The average Bonchev–Trinajstić information content (AvgIpc) is 3.15. The molecule has 0 unspecified atom stereocenters. The van der Waals surface area contributed by atoms with Gasteiger partial charge < -0.3 is 14.6 Å². The van der Waals surface area contributed by atoms with Gasteiger partial charge in [-0.1, -0.05) is 11.2 Å². The molecule has 142 valence electrons. The van der Waals surface area contributed by atoms with Crippen molar-refractivity contribution in [1.29, 1.82) is 0 Å². The Morgan fingerprint density at radius 2 is 1.89 bits per heavy atom. The monoisotopic (exact) mass is 368 g/mol. The summed E-state index contributed by atoms with van der Waals surface area (Å²) in [6.07, 6.45) is 1.63. The molecule has 0 aliphatic heterocycles. The first kappa shape index (κ1) is 18.7. The van der Waals surface area contributed by atoms with Crippen LogP contribution in [-0.4, -0.2) is 20.8 Å². The predicted octanol–water partition coefficient (Wildman–Crippen LogP) is 3.96. The summed E-state index contributed by atoms with van der Waals surface area (Å²) in [4.78, 5) is 12.7. The summed E-state index contributed by atoms with van der Waals surface area (Å²) in [5, 5.41) is 11.0. The van der Waals surface area contributed by atoms with Gasteiger partial charge in [0, 0.05) is 6.54 Å². The summed E-state index contributed by atoms with van der Waals surface area (Å²) in [5.41, 5.74) is 4.64. The number of carbonyl (C=O) groups is 1. The zero-order valence-electron chi connectivity index (χ0n) is 16.3. The van der Waals surface area contributed by atoms with Crippen LogP contribution in [0.3, 0.4) is 0 Å². The summed E-state index contributed by atoms with van der Waals surface area (Å²) >= 11 is 0. The molecule has 0 aliphatic carbocycles. The number of benzene rings is 1. The van der Waals surface area contributed by atoms with Crippen LogP contribution in [-0.2, 0) is 13.2 Å². The van der Waals surface area contributed by atoms with Crippen LogP contribution in [0.5, 0.6) is 5.75 Å². The minimum absolute atomic E-state index is 0.203. The molecular formula is C20H24N4O3. The van der Waals surface area contributed by atoms with Crippen molar-refractivity contribution >= 4 is 11.6 Å². The van der Waals surface area contributed by atoms with Gasteiger partial charge in [-0.05, 0) is 57.9 Å². The maximum atomic E-state index is 12.7. The largest absolute Gasteiger partial charge is 0.489 e. The molecule has 0 fully saturated rings. The molecule has 0 saturated carbocycles. The third-order valence-corrected chi connectivity index (χ3v) is 4.43. The molecule has 0 atom stereocenters. The Labute approximate surface area is 158 Å². The van der Waals surface area contributed by atoms with E-state index in [1.165, 1.54) is 0 Å². The molecule has 27 heavy (non-hydrogen) atoms. The van der Waals surface area contributed by atoms with Gasteiger partial charge in [0.1, 0.15) is 18.1 Å². The highest BCUT2D eigenvalue weighted by Gasteiger charge is 2.22. The van der Waals surface area contributed by atoms with E-state index in [1.54, 1.807) is 13.1 Å². The number of anilines is 1. The summed E-state index contributed by atoms with van der Waals surface area (Å²) < 4.78 is 12.9. The zero-order valence-corrected chi connectivity index (χ0v) is 16.3. The molecule has 3 rings (SSSR count). The number of nitrogens with zero attached hydrogens (tertiary/aromatic N) is 3. The Hall–Kier alpha value is -3.09. The lowest BCUT2D eigenvalue weighted by Gasteiger charge is -2.09. The Morgan fingerprint density at radius 3 is 2.52 bits per heavy atom. The minimum Gasteiger partial charge on any atom is -0.489 e. The second-order valence-corrected chi connectivity index (χ2v) is 6.59. The molecule has 0 spiro atoms. The van der Waals surface area contributed by atoms with Crippen LogP contribution in [0.25, 0.3) is 0 Å². The molecule has 1 N–H and O–H groups in total. The van der Waals surface area contributed by atoms with Gasteiger partial charge in [0.05, 0.1) is 23.1 Å². The number of ether oxygens (including phenoxy) is 1. The molecule has 1 amide bonds. The normalized spacial score (nSPS) is 10.9. The second kappa shape index (κ2) is 7.65. The van der Waals surface area contributed by atoms with E-state index in [0.717, 1.165) is 29.1 Å². The van der Waals surface area contributed by atoms with Crippen molar-refractivity contribution in [2.45, 2.75) is 47.8 Å². The van der Waals surface area contributed by atoms with Crippen molar-refractivity contribution in [1.82, 2.24) is 14.9 Å². The molecule has 0 bridgehead atoms. The lowest BCUT2D eigenvalue weighted by molar-refractivity contribution is 0.101. The molecule has 0 aliphatic rings. The zero-order chi connectivity index (χ0) is 19.6. The van der Waals surface area contributed by atoms with Crippen molar-refractivity contribution in [2.75, 3.05) is 5.32 Å². The number of amides is 1. The van der Waals surface area contributed by atoms with Crippen LogP contribution in [0.2, 0.25) is 0 Å². The van der Waals surface area contributed by atoms with Gasteiger partial charge >= 0.3 is 0 Å². The highest BCUT2D eigenvalue weighted by atomic mass is 16.5. The summed E-state index contributed by atoms with van der Waals surface area (Å²) in [5.74, 6) is 0.967. The van der Waals surface area contributed by atoms with Crippen molar-refractivity contribution in [2.24, 2.45) is 0 Å². The van der Waals surface area contributed by atoms with E-state index in [-0.39, 0.29) is 18.2 Å². The number of aromatic nitrogens is 3. The van der Waals surface area contributed by atoms with Gasteiger partial charge in [0.2, 0.25) is 0 Å². The van der Waals surface area contributed by atoms with E-state index in [1.807, 2.05) is 44.5 Å². The number of hydrogen-bond donors (Lipinski definition) is 1. The third-order valence-electron chi connectivity index (χ3n) is 4.43. The van der Waals surface area contributed by atoms with E-state index in [4.69, 9.17) is 9.26 Å². The SMILES string of the molecule is CCn1ncc(NC(=O)c2noc(C)c2COc2cc(C)cc(C)c2)c1C. The molecule has 0 radical (unpaired) electrons. The topological polar surface area (TPSA) is 82.2 Å². The molecular weight excluding hydrogens is 344 g/mol. The number of hydrogen-bond acceptors (Lipinski definition) is 5. The standard InChI is InChI=1S/C20H24N4O3/c1-6-24-14(4)18(10-21-24)22-20(25)19-17(15(5)27-23-19)11-26-16-8-12(2)7-13(3)9-16/h7-10H,6,11H2,1-5H3,(H,22,25). The average molecular weight is 368 g/mol. The number of rotatable bonds is 6. The van der Waals surface area contributed by atoms with Crippen molar-refractivity contribution in [3.63, 3.8) is 0 Å². The third kappa shape index (κ3) is 4.02. The van der Waals surface area contributed by atoms with Crippen LogP contribution in [0, 0.1) is 27.7 Å². The highest BCUT2D eigenvalue weighted by Crippen LogP contribution is 2.22. The summed E-state index contributed by atoms with van der Waals surface area (Å²) in [7, 11) is 0. The van der Waals surface area contributed by atoms with Crippen LogP contribution in [0.4, 0.5) is 5.69 Å². The van der Waals surface area contributed by atoms with Gasteiger partial charge in [-0.3, -0.25) is 9.48 Å². The fourth-order valence-corrected chi connectivity index (χ4v) is 2.98. The predicted molar refractivity (Wildman–Crippen MR) is 102 cm³/mol. The van der Waals surface area contributed by atoms with Crippen LogP contribution in [0.1, 0.15) is 45.6 Å². The first-order valence-electron chi connectivity index (χ1n) is 8.89. The molecule has 1 aromatic carbocycles. The molecule has 3 aromatic rings. The van der Waals surface area contributed by atoms with Crippen molar-refractivity contribution in [3.05, 3.63) is 58.2 Å². The molecule has 2 aromatic heterocycles. The van der Waals surface area contributed by atoms with E-state index in [0.29, 0.717) is 17.0 Å². The lowest BCUT2D eigenvalue weighted by Crippen LogP contribution is -2.16. The van der Waals surface area contributed by atoms with Gasteiger partial charge in [0.15, 0.2) is 5.69 Å². The van der Waals surface area contributed by atoms with Crippen molar-refractivity contribution < 1.29 is 14.1 Å². The minimum atomic E-state index is -0.343. The van der Waals surface area contributed by atoms with Crippen LogP contribution >= 0.6 is 0 Å². The summed E-state index contributed by atoms with van der Waals surface area (Å²) in [6, 6.07) is 5.99. The fraction of sp³-hybridized carbons (Fsp3) is 0.350. The Bertz CT molecular complexity index is 952. The quantitative estimate of drug-likeness (QED) is 0.712. The highest BCUT2D eigenvalue weighted by molar-refractivity contribution is 6.04. The number of nitrogens with one attached hydrogen (secondary N) is 1. The molecule has 0 saturated heterocycles. The van der Waals surface area contributed by atoms with Gasteiger partial charge in [0.25, 0.3) is 5.91 Å². The second-order valence-electron chi connectivity index (χ2n) is 6.59. The lowest BCUT2D eigenvalue weighted by atomic mass is 10.1. The van der Waals surface area contributed by atoms with Gasteiger partial charge in [-0.2, -0.15) is 5.10 Å². The Balaban J connectivity index is 1.77. The molecule has 7 nitrogen and oxygen atoms in total. The van der Waals surface area contributed by atoms with Gasteiger partial charge in [-0.15, -0.1) is 0 Å². The number of carbonyl (C=O) groups excluding carboxylic acids is 1. The molecule has 7 heteroatoms. The van der Waals surface area contributed by atoms with E-state index >= 15 is 0 Å². The van der Waals surface area contributed by atoms with E-state index in [2.05, 4.69) is 21.6 Å². The summed E-state index contributed by atoms with van der Waals surface area (Å²) in [6.45, 7) is 10.6. The maximum absolute atomic E-state index is 12.7.